The molecular weight excluding hydrogens is 182 g/mol. The van der Waals surface area contributed by atoms with Gasteiger partial charge in [0.2, 0.25) is 0 Å². The van der Waals surface area contributed by atoms with Crippen LogP contribution in [0, 0.1) is 5.41 Å². The van der Waals surface area contributed by atoms with Gasteiger partial charge in [-0.2, -0.15) is 0 Å². The molecule has 0 unspecified atom stereocenters. The highest BCUT2D eigenvalue weighted by Crippen LogP contribution is 2.46. The third-order valence-corrected chi connectivity index (χ3v) is 4.98. The van der Waals surface area contributed by atoms with Crippen molar-refractivity contribution >= 4 is 0 Å². The molecule has 0 amide bonds. The largest absolute Gasteiger partial charge is 0.300 e. The lowest BCUT2D eigenvalue weighted by molar-refractivity contribution is 0.0727. The Morgan fingerprint density at radius 3 is 1.93 bits per heavy atom. The van der Waals surface area contributed by atoms with Crippen LogP contribution >= 0.6 is 0 Å². The summed E-state index contributed by atoms with van der Waals surface area (Å²) < 4.78 is 0. The van der Waals surface area contributed by atoms with Crippen LogP contribution in [-0.4, -0.2) is 24.0 Å². The molecule has 2 rings (SSSR count). The van der Waals surface area contributed by atoms with E-state index in [4.69, 9.17) is 0 Å². The Bertz CT molecular complexity index is 180. The maximum absolute atomic E-state index is 2.75. The molecule has 1 aliphatic carbocycles. The summed E-state index contributed by atoms with van der Waals surface area (Å²) in [6, 6.07) is 0.865. The molecule has 2 fully saturated rings. The van der Waals surface area contributed by atoms with Gasteiger partial charge in [0.1, 0.15) is 0 Å². The fourth-order valence-electron chi connectivity index (χ4n) is 3.79. The second-order valence-electron chi connectivity index (χ2n) is 5.71. The minimum Gasteiger partial charge on any atom is -0.300 e. The molecular formula is C14H27N. The minimum atomic E-state index is 0.794. The molecule has 1 saturated carbocycles. The fraction of sp³-hybridized carbons (Fsp3) is 1.00. The quantitative estimate of drug-likeness (QED) is 0.683. The molecule has 0 N–H and O–H groups in total. The van der Waals surface area contributed by atoms with Crippen LogP contribution in [0.3, 0.4) is 0 Å². The molecule has 15 heavy (non-hydrogen) atoms. The van der Waals surface area contributed by atoms with E-state index in [0.717, 1.165) is 11.5 Å². The summed E-state index contributed by atoms with van der Waals surface area (Å²) in [6.45, 7) is 7.45. The van der Waals surface area contributed by atoms with Gasteiger partial charge in [0.25, 0.3) is 0 Å². The second kappa shape index (κ2) is 4.86. The highest BCUT2D eigenvalue weighted by Gasteiger charge is 2.37. The van der Waals surface area contributed by atoms with E-state index in [1.807, 2.05) is 0 Å². The number of hydrogen-bond acceptors (Lipinski definition) is 1. The van der Waals surface area contributed by atoms with Crippen molar-refractivity contribution in [2.45, 2.75) is 71.3 Å². The zero-order valence-corrected chi connectivity index (χ0v) is 10.6. The monoisotopic (exact) mass is 209 g/mol. The molecule has 1 saturated heterocycles. The van der Waals surface area contributed by atoms with E-state index in [1.54, 1.807) is 0 Å². The van der Waals surface area contributed by atoms with Crippen LogP contribution in [0.25, 0.3) is 0 Å². The molecule has 1 heteroatoms. The van der Waals surface area contributed by atoms with Gasteiger partial charge in [-0.1, -0.05) is 26.7 Å². The number of nitrogens with zero attached hydrogens (tertiary/aromatic N) is 1. The Hall–Kier alpha value is -0.0400. The van der Waals surface area contributed by atoms with E-state index in [0.29, 0.717) is 0 Å². The first-order valence-electron chi connectivity index (χ1n) is 7.04. The summed E-state index contributed by atoms with van der Waals surface area (Å²) in [5, 5.41) is 0. The Balaban J connectivity index is 1.85. The Labute approximate surface area is 95.2 Å². The number of piperidine rings is 1. The molecule has 0 aromatic rings. The lowest BCUT2D eigenvalue weighted by Gasteiger charge is -2.42. The highest BCUT2D eigenvalue weighted by atomic mass is 15.2. The van der Waals surface area contributed by atoms with Crippen molar-refractivity contribution in [1.82, 2.24) is 4.90 Å². The van der Waals surface area contributed by atoms with Crippen molar-refractivity contribution in [1.29, 1.82) is 0 Å². The van der Waals surface area contributed by atoms with Crippen molar-refractivity contribution in [3.63, 3.8) is 0 Å². The Kier molecular flexibility index (Phi) is 3.71. The van der Waals surface area contributed by atoms with Crippen LogP contribution in [0.5, 0.6) is 0 Å². The van der Waals surface area contributed by atoms with Crippen LogP contribution < -0.4 is 0 Å². The van der Waals surface area contributed by atoms with Crippen molar-refractivity contribution in [3.8, 4) is 0 Å². The zero-order valence-electron chi connectivity index (χ0n) is 10.6. The van der Waals surface area contributed by atoms with Crippen molar-refractivity contribution in [2.75, 3.05) is 13.1 Å². The maximum Gasteiger partial charge on any atom is 0.00900 e. The van der Waals surface area contributed by atoms with Crippen LogP contribution in [0.15, 0.2) is 0 Å². The van der Waals surface area contributed by atoms with E-state index < -0.39 is 0 Å². The Morgan fingerprint density at radius 2 is 1.47 bits per heavy atom. The Morgan fingerprint density at radius 1 is 0.933 bits per heavy atom. The summed E-state index contributed by atoms with van der Waals surface area (Å²) >= 11 is 0. The summed E-state index contributed by atoms with van der Waals surface area (Å²) in [7, 11) is 0. The van der Waals surface area contributed by atoms with Crippen LogP contribution in [0.1, 0.15) is 65.2 Å². The number of rotatable bonds is 3. The van der Waals surface area contributed by atoms with E-state index in [2.05, 4.69) is 18.7 Å². The third kappa shape index (κ3) is 2.38. The highest BCUT2D eigenvalue weighted by molar-refractivity contribution is 4.90. The average Bonchev–Trinajstić information content (AvgIpc) is 2.72. The first kappa shape index (κ1) is 11.4. The molecule has 1 aliphatic heterocycles. The smallest absolute Gasteiger partial charge is 0.00900 e. The van der Waals surface area contributed by atoms with Crippen molar-refractivity contribution in [3.05, 3.63) is 0 Å². The van der Waals surface area contributed by atoms with Gasteiger partial charge in [0, 0.05) is 6.04 Å². The average molecular weight is 209 g/mol. The fourth-order valence-corrected chi connectivity index (χ4v) is 3.79. The molecule has 2 aliphatic rings. The lowest BCUT2D eigenvalue weighted by atomic mass is 9.76. The van der Waals surface area contributed by atoms with Crippen molar-refractivity contribution in [2.24, 2.45) is 5.41 Å². The first-order chi connectivity index (χ1) is 7.29. The normalized spacial score (nSPS) is 26.6. The molecule has 0 radical (unpaired) electrons. The van der Waals surface area contributed by atoms with Gasteiger partial charge in [-0.05, 0) is 57.0 Å². The van der Waals surface area contributed by atoms with Gasteiger partial charge in [-0.15, -0.1) is 0 Å². The minimum absolute atomic E-state index is 0.794. The number of hydrogen-bond donors (Lipinski definition) is 0. The molecule has 88 valence electrons. The summed E-state index contributed by atoms with van der Waals surface area (Å²) in [6.07, 6.45) is 11.7. The molecule has 1 nitrogen and oxygen atoms in total. The van der Waals surface area contributed by atoms with Crippen LogP contribution in [0.2, 0.25) is 0 Å². The molecule has 0 bridgehead atoms. The van der Waals surface area contributed by atoms with Gasteiger partial charge in [-0.3, -0.25) is 0 Å². The van der Waals surface area contributed by atoms with Crippen molar-refractivity contribution < 1.29 is 0 Å². The molecule has 0 aromatic carbocycles. The zero-order chi connectivity index (χ0) is 10.7. The van der Waals surface area contributed by atoms with Gasteiger partial charge in [0.15, 0.2) is 0 Å². The van der Waals surface area contributed by atoms with E-state index in [9.17, 15) is 0 Å². The first-order valence-corrected chi connectivity index (χ1v) is 7.04. The summed E-state index contributed by atoms with van der Waals surface area (Å²) in [4.78, 5) is 2.75. The van der Waals surface area contributed by atoms with Gasteiger partial charge in [-0.25, -0.2) is 0 Å². The van der Waals surface area contributed by atoms with Crippen LogP contribution in [-0.2, 0) is 0 Å². The summed E-state index contributed by atoms with van der Waals surface area (Å²) in [5.41, 5.74) is 0.794. The molecule has 0 atom stereocenters. The molecule has 1 heterocycles. The third-order valence-electron chi connectivity index (χ3n) is 4.98. The van der Waals surface area contributed by atoms with E-state index in [1.165, 1.54) is 64.5 Å². The van der Waals surface area contributed by atoms with Crippen LogP contribution in [0.4, 0.5) is 0 Å². The number of likely N-dealkylation sites (tertiary alicyclic amines) is 1. The standard InChI is InChI=1S/C14H27N/c1-3-13(4-2)15-11-9-14(10-12-15)7-5-6-8-14/h13H,3-12H2,1-2H3. The lowest BCUT2D eigenvalue weighted by Crippen LogP contribution is -2.44. The second-order valence-corrected chi connectivity index (χ2v) is 5.71. The SMILES string of the molecule is CCC(CC)N1CCC2(CCCC2)CC1. The maximum atomic E-state index is 2.75. The summed E-state index contributed by atoms with van der Waals surface area (Å²) in [5.74, 6) is 0. The van der Waals surface area contributed by atoms with Gasteiger partial charge < -0.3 is 4.90 Å². The molecule has 0 aromatic heterocycles. The van der Waals surface area contributed by atoms with E-state index in [-0.39, 0.29) is 0 Å². The van der Waals surface area contributed by atoms with Gasteiger partial charge in [0.05, 0.1) is 0 Å². The molecule has 1 spiro atoms. The predicted octanol–water partition coefficient (Wildman–Crippen LogP) is 3.83. The van der Waals surface area contributed by atoms with E-state index >= 15 is 0 Å². The predicted molar refractivity (Wildman–Crippen MR) is 66.1 cm³/mol. The van der Waals surface area contributed by atoms with Gasteiger partial charge >= 0.3 is 0 Å². The topological polar surface area (TPSA) is 3.24 Å².